The predicted octanol–water partition coefficient (Wildman–Crippen LogP) is 2.23. The second-order valence-electron chi connectivity index (χ2n) is 4.22. The molecule has 0 amide bonds. The van der Waals surface area contributed by atoms with E-state index in [0.29, 0.717) is 17.3 Å². The van der Waals surface area contributed by atoms with Gasteiger partial charge in [-0.3, -0.25) is 0 Å². The molecule has 0 aliphatic carbocycles. The molecular weight excluding hydrogens is 266 g/mol. The summed E-state index contributed by atoms with van der Waals surface area (Å²) in [5.74, 6) is 0.703. The van der Waals surface area contributed by atoms with Crippen LogP contribution in [0.3, 0.4) is 0 Å². The van der Waals surface area contributed by atoms with Gasteiger partial charge in [0.2, 0.25) is 0 Å². The van der Waals surface area contributed by atoms with Crippen LogP contribution in [0.1, 0.15) is 0 Å². The molecule has 1 N–H and O–H groups in total. The van der Waals surface area contributed by atoms with Crippen molar-refractivity contribution in [1.82, 2.24) is 5.32 Å². The zero-order chi connectivity index (χ0) is 12.6. The van der Waals surface area contributed by atoms with Crippen LogP contribution in [0, 0.1) is 0 Å². The Balaban J connectivity index is 2.19. The van der Waals surface area contributed by atoms with Crippen LogP contribution in [0.25, 0.3) is 10.8 Å². The Morgan fingerprint density at radius 2 is 1.89 bits per heavy atom. The molecule has 0 radical (unpaired) electrons. The molecule has 94 valence electrons. The van der Waals surface area contributed by atoms with Crippen molar-refractivity contribution in [3.8, 4) is 0 Å². The van der Waals surface area contributed by atoms with Gasteiger partial charge in [0.15, 0.2) is 9.84 Å². The van der Waals surface area contributed by atoms with Gasteiger partial charge in [-0.1, -0.05) is 36.4 Å². The highest BCUT2D eigenvalue weighted by Gasteiger charge is 2.31. The first-order chi connectivity index (χ1) is 8.69. The summed E-state index contributed by atoms with van der Waals surface area (Å²) in [6.45, 7) is 0.524. The third kappa shape index (κ3) is 1.92. The fraction of sp³-hybridized carbons (Fsp3) is 0.231. The van der Waals surface area contributed by atoms with Crippen LogP contribution in [0.5, 0.6) is 0 Å². The molecule has 1 atom stereocenters. The second kappa shape index (κ2) is 4.57. The van der Waals surface area contributed by atoms with Crippen LogP contribution < -0.4 is 5.32 Å². The van der Waals surface area contributed by atoms with Gasteiger partial charge in [0.05, 0.1) is 4.90 Å². The van der Waals surface area contributed by atoms with E-state index >= 15 is 0 Å². The third-order valence-corrected chi connectivity index (χ3v) is 6.99. The first-order valence-electron chi connectivity index (χ1n) is 5.73. The van der Waals surface area contributed by atoms with Gasteiger partial charge in [-0.25, -0.2) is 8.42 Å². The Morgan fingerprint density at radius 1 is 1.11 bits per heavy atom. The van der Waals surface area contributed by atoms with Gasteiger partial charge in [0.1, 0.15) is 4.58 Å². The van der Waals surface area contributed by atoms with E-state index in [1.807, 2.05) is 36.4 Å². The summed E-state index contributed by atoms with van der Waals surface area (Å²) in [5, 5.41) is 4.86. The fourth-order valence-electron chi connectivity index (χ4n) is 2.17. The Hall–Kier alpha value is -1.04. The standard InChI is InChI=1S/C13H13NO2S2/c15-18(16,13-8-14-9-17-13)12-7-3-5-10-4-1-2-6-11(10)12/h1-7,13-14H,8-9H2. The molecule has 1 fully saturated rings. The molecule has 2 aromatic carbocycles. The molecule has 18 heavy (non-hydrogen) atoms. The minimum atomic E-state index is -3.26. The maximum atomic E-state index is 12.6. The van der Waals surface area contributed by atoms with Crippen molar-refractivity contribution in [2.75, 3.05) is 12.4 Å². The summed E-state index contributed by atoms with van der Waals surface area (Å²) in [7, 11) is -3.26. The van der Waals surface area contributed by atoms with E-state index in [2.05, 4.69) is 5.32 Å². The number of benzene rings is 2. The number of hydrogen-bond donors (Lipinski definition) is 1. The number of hydrogen-bond acceptors (Lipinski definition) is 4. The predicted molar refractivity (Wildman–Crippen MR) is 75.4 cm³/mol. The molecular formula is C13H13NO2S2. The second-order valence-corrected chi connectivity index (χ2v) is 7.81. The number of rotatable bonds is 2. The van der Waals surface area contributed by atoms with E-state index in [-0.39, 0.29) is 4.58 Å². The lowest BCUT2D eigenvalue weighted by Crippen LogP contribution is -2.22. The van der Waals surface area contributed by atoms with Crippen LogP contribution in [-0.4, -0.2) is 25.4 Å². The fourth-order valence-corrected chi connectivity index (χ4v) is 5.44. The summed E-state index contributed by atoms with van der Waals surface area (Å²) in [4.78, 5) is 0.446. The highest BCUT2D eigenvalue weighted by molar-refractivity contribution is 8.13. The Labute approximate surface area is 111 Å². The average Bonchev–Trinajstić information content (AvgIpc) is 2.92. The van der Waals surface area contributed by atoms with Crippen LogP contribution in [0.15, 0.2) is 47.4 Å². The number of thioether (sulfide) groups is 1. The SMILES string of the molecule is O=S(=O)(c1cccc2ccccc12)C1CNCS1. The monoisotopic (exact) mass is 279 g/mol. The summed E-state index contributed by atoms with van der Waals surface area (Å²) in [6.07, 6.45) is 0. The lowest BCUT2D eigenvalue weighted by atomic mass is 10.1. The highest BCUT2D eigenvalue weighted by Crippen LogP contribution is 2.31. The molecule has 1 unspecified atom stereocenters. The van der Waals surface area contributed by atoms with Crippen LogP contribution in [0.2, 0.25) is 0 Å². The van der Waals surface area contributed by atoms with Crippen molar-refractivity contribution in [1.29, 1.82) is 0 Å². The third-order valence-electron chi connectivity index (χ3n) is 3.08. The van der Waals surface area contributed by atoms with Crippen LogP contribution >= 0.6 is 11.8 Å². The Bertz CT molecular complexity index is 671. The lowest BCUT2D eigenvalue weighted by Gasteiger charge is -2.12. The topological polar surface area (TPSA) is 46.2 Å². The summed E-state index contributed by atoms with van der Waals surface area (Å²) >= 11 is 1.45. The van der Waals surface area contributed by atoms with Crippen molar-refractivity contribution < 1.29 is 8.42 Å². The molecule has 0 spiro atoms. The molecule has 5 heteroatoms. The van der Waals surface area contributed by atoms with Crippen molar-refractivity contribution in [3.63, 3.8) is 0 Å². The van der Waals surface area contributed by atoms with E-state index in [4.69, 9.17) is 0 Å². The number of sulfone groups is 1. The smallest absolute Gasteiger partial charge is 0.192 e. The lowest BCUT2D eigenvalue weighted by molar-refractivity contribution is 0.593. The van der Waals surface area contributed by atoms with Crippen molar-refractivity contribution >= 4 is 32.4 Å². The Morgan fingerprint density at radius 3 is 2.67 bits per heavy atom. The maximum absolute atomic E-state index is 12.6. The van der Waals surface area contributed by atoms with Gasteiger partial charge >= 0.3 is 0 Å². The van der Waals surface area contributed by atoms with Crippen LogP contribution in [-0.2, 0) is 9.84 Å². The van der Waals surface area contributed by atoms with Crippen molar-refractivity contribution in [3.05, 3.63) is 42.5 Å². The normalized spacial score (nSPS) is 20.3. The van der Waals surface area contributed by atoms with Gasteiger partial charge in [-0.15, -0.1) is 11.8 Å². The van der Waals surface area contributed by atoms with Gasteiger partial charge in [-0.2, -0.15) is 0 Å². The quantitative estimate of drug-likeness (QED) is 0.916. The molecule has 0 aromatic heterocycles. The first kappa shape index (κ1) is 12.0. The van der Waals surface area contributed by atoms with Gasteiger partial charge in [0.25, 0.3) is 0 Å². The zero-order valence-corrected chi connectivity index (χ0v) is 11.3. The summed E-state index contributed by atoms with van der Waals surface area (Å²) in [6, 6.07) is 13.1. The van der Waals surface area contributed by atoms with Gasteiger partial charge < -0.3 is 5.32 Å². The van der Waals surface area contributed by atoms with E-state index in [0.717, 1.165) is 10.8 Å². The molecule has 0 saturated carbocycles. The van der Waals surface area contributed by atoms with Gasteiger partial charge in [-0.05, 0) is 11.5 Å². The van der Waals surface area contributed by atoms with Crippen LogP contribution in [0.4, 0.5) is 0 Å². The minimum Gasteiger partial charge on any atom is -0.306 e. The average molecular weight is 279 g/mol. The molecule has 3 rings (SSSR count). The molecule has 0 bridgehead atoms. The maximum Gasteiger partial charge on any atom is 0.192 e. The molecule has 1 aliphatic heterocycles. The zero-order valence-electron chi connectivity index (χ0n) is 9.67. The molecule has 1 saturated heterocycles. The largest absolute Gasteiger partial charge is 0.306 e. The van der Waals surface area contributed by atoms with E-state index in [9.17, 15) is 8.42 Å². The summed E-state index contributed by atoms with van der Waals surface area (Å²) < 4.78 is 24.8. The number of fused-ring (bicyclic) bond motifs is 1. The first-order valence-corrected chi connectivity index (χ1v) is 8.33. The summed E-state index contributed by atoms with van der Waals surface area (Å²) in [5.41, 5.74) is 0. The van der Waals surface area contributed by atoms with E-state index in [1.165, 1.54) is 11.8 Å². The Kier molecular flexibility index (Phi) is 3.05. The van der Waals surface area contributed by atoms with Crippen molar-refractivity contribution in [2.45, 2.75) is 9.48 Å². The minimum absolute atomic E-state index is 0.372. The van der Waals surface area contributed by atoms with E-state index < -0.39 is 9.84 Å². The highest BCUT2D eigenvalue weighted by atomic mass is 32.3. The molecule has 1 aliphatic rings. The molecule has 3 nitrogen and oxygen atoms in total. The number of nitrogens with one attached hydrogen (secondary N) is 1. The molecule has 2 aromatic rings. The van der Waals surface area contributed by atoms with E-state index in [1.54, 1.807) is 6.07 Å². The van der Waals surface area contributed by atoms with Gasteiger partial charge in [0, 0.05) is 17.8 Å². The van der Waals surface area contributed by atoms with Crippen molar-refractivity contribution in [2.24, 2.45) is 0 Å². The molecule has 1 heterocycles.